The molecule has 1 fully saturated rings. The van der Waals surface area contributed by atoms with Crippen molar-refractivity contribution in [2.24, 2.45) is 4.40 Å². The lowest BCUT2D eigenvalue weighted by Crippen LogP contribution is -2.29. The Balaban J connectivity index is 1.57. The number of likely N-dealkylation sites (N-methyl/N-ethyl adjacent to an activating group) is 1. The summed E-state index contributed by atoms with van der Waals surface area (Å²) < 4.78 is 53.8. The minimum Gasteiger partial charge on any atom is -0.493 e. The number of sulfonamides is 1. The number of nitrogens with zero attached hydrogens (tertiary/aromatic N) is 2. The third kappa shape index (κ3) is 6.15. The molecular formula is C26H22ClFN2O5S2. The highest BCUT2D eigenvalue weighted by molar-refractivity contribution is 8.19. The van der Waals surface area contributed by atoms with Gasteiger partial charge in [-0.25, -0.2) is 4.39 Å². The van der Waals surface area contributed by atoms with Gasteiger partial charge < -0.3 is 9.47 Å². The van der Waals surface area contributed by atoms with Crippen LogP contribution in [0, 0.1) is 5.82 Å². The number of thioether (sulfide) groups is 1. The number of halogens is 2. The highest BCUT2D eigenvalue weighted by Crippen LogP contribution is 2.36. The number of amidine groups is 1. The number of amides is 1. The zero-order valence-electron chi connectivity index (χ0n) is 19.9. The van der Waals surface area contributed by atoms with Crippen LogP contribution in [0.15, 0.2) is 80.9 Å². The molecule has 0 saturated carbocycles. The zero-order chi connectivity index (χ0) is 26.6. The number of hydrogen-bond donors (Lipinski definition) is 0. The van der Waals surface area contributed by atoms with Crippen LogP contribution in [0.5, 0.6) is 11.5 Å². The summed E-state index contributed by atoms with van der Waals surface area (Å²) in [6.45, 7) is 2.19. The van der Waals surface area contributed by atoms with Gasteiger partial charge in [-0.3, -0.25) is 9.69 Å². The molecule has 0 bridgehead atoms. The van der Waals surface area contributed by atoms with Crippen LogP contribution in [0.3, 0.4) is 0 Å². The normalized spacial score (nSPS) is 16.0. The predicted octanol–water partition coefficient (Wildman–Crippen LogP) is 5.75. The molecule has 1 aliphatic heterocycles. The third-order valence-electron chi connectivity index (χ3n) is 5.34. The van der Waals surface area contributed by atoms with Gasteiger partial charge in [-0.15, -0.1) is 4.40 Å². The maximum Gasteiger partial charge on any atom is 0.284 e. The maximum absolute atomic E-state index is 13.2. The first kappa shape index (κ1) is 26.7. The second-order valence-electron chi connectivity index (χ2n) is 7.75. The molecule has 3 aromatic carbocycles. The van der Waals surface area contributed by atoms with Gasteiger partial charge in [0.25, 0.3) is 15.9 Å². The van der Waals surface area contributed by atoms with Crippen LogP contribution in [0.2, 0.25) is 5.02 Å². The molecule has 1 amide bonds. The summed E-state index contributed by atoms with van der Waals surface area (Å²) in [4.78, 5) is 14.4. The van der Waals surface area contributed by atoms with E-state index in [0.29, 0.717) is 27.0 Å². The van der Waals surface area contributed by atoms with E-state index in [2.05, 4.69) is 4.40 Å². The molecule has 7 nitrogen and oxygen atoms in total. The topological polar surface area (TPSA) is 85.3 Å². The van der Waals surface area contributed by atoms with Crippen LogP contribution in [0.4, 0.5) is 4.39 Å². The van der Waals surface area contributed by atoms with Gasteiger partial charge in [0.05, 0.1) is 16.9 Å². The summed E-state index contributed by atoms with van der Waals surface area (Å²) >= 11 is 7.14. The monoisotopic (exact) mass is 560 g/mol. The largest absolute Gasteiger partial charge is 0.493 e. The van der Waals surface area contributed by atoms with Gasteiger partial charge in [-0.2, -0.15) is 8.42 Å². The molecule has 37 heavy (non-hydrogen) atoms. The fourth-order valence-electron chi connectivity index (χ4n) is 3.43. The smallest absolute Gasteiger partial charge is 0.284 e. The van der Waals surface area contributed by atoms with Crippen molar-refractivity contribution in [1.29, 1.82) is 0 Å². The van der Waals surface area contributed by atoms with Gasteiger partial charge in [-0.1, -0.05) is 35.9 Å². The molecule has 0 radical (unpaired) electrons. The molecule has 3 aromatic rings. The number of carbonyl (C=O) groups excluding carboxylic acids is 1. The molecule has 4 rings (SSSR count). The average Bonchev–Trinajstić information content (AvgIpc) is 3.16. The van der Waals surface area contributed by atoms with E-state index < -0.39 is 15.8 Å². The van der Waals surface area contributed by atoms with E-state index in [-0.39, 0.29) is 29.1 Å². The maximum atomic E-state index is 13.2. The Hall–Kier alpha value is -3.34. The van der Waals surface area contributed by atoms with E-state index in [1.807, 2.05) is 18.2 Å². The lowest BCUT2D eigenvalue weighted by Gasteiger charge is -2.12. The summed E-state index contributed by atoms with van der Waals surface area (Å²) in [6, 6.07) is 16.9. The van der Waals surface area contributed by atoms with Gasteiger partial charge in [0.1, 0.15) is 12.4 Å². The minimum atomic E-state index is -4.14. The Morgan fingerprint density at radius 2 is 1.81 bits per heavy atom. The molecule has 1 heterocycles. The Labute approximate surface area is 223 Å². The van der Waals surface area contributed by atoms with E-state index >= 15 is 0 Å². The molecule has 0 spiro atoms. The Morgan fingerprint density at radius 1 is 1.08 bits per heavy atom. The highest BCUT2D eigenvalue weighted by atomic mass is 35.5. The molecule has 1 saturated heterocycles. The van der Waals surface area contributed by atoms with Crippen LogP contribution >= 0.6 is 23.4 Å². The van der Waals surface area contributed by atoms with Crippen molar-refractivity contribution in [3.05, 3.63) is 93.6 Å². The van der Waals surface area contributed by atoms with Gasteiger partial charge in [0.15, 0.2) is 16.7 Å². The molecular weight excluding hydrogens is 539 g/mol. The van der Waals surface area contributed by atoms with E-state index in [0.717, 1.165) is 41.6 Å². The Bertz CT molecular complexity index is 1490. The summed E-state index contributed by atoms with van der Waals surface area (Å²) in [5.41, 5.74) is 1.48. The fraction of sp³-hybridized carbons (Fsp3) is 0.154. The number of ether oxygens (including phenoxy) is 2. The lowest BCUT2D eigenvalue weighted by molar-refractivity contribution is -0.122. The van der Waals surface area contributed by atoms with Crippen LogP contribution in [0.1, 0.15) is 18.1 Å². The summed E-state index contributed by atoms with van der Waals surface area (Å²) in [7, 11) is -2.63. The van der Waals surface area contributed by atoms with Gasteiger partial charge >= 0.3 is 0 Å². The number of hydrogen-bond acceptors (Lipinski definition) is 6. The number of methoxy groups -OCH3 is 1. The third-order valence-corrected chi connectivity index (χ3v) is 8.11. The first-order chi connectivity index (χ1) is 17.7. The summed E-state index contributed by atoms with van der Waals surface area (Å²) in [6.07, 6.45) is 1.63. The lowest BCUT2D eigenvalue weighted by atomic mass is 10.1. The van der Waals surface area contributed by atoms with Crippen molar-refractivity contribution < 1.29 is 27.1 Å². The van der Waals surface area contributed by atoms with Crippen molar-refractivity contribution in [3.8, 4) is 11.5 Å². The molecule has 11 heteroatoms. The van der Waals surface area contributed by atoms with Gasteiger partial charge in [-0.05, 0) is 72.8 Å². The van der Waals surface area contributed by atoms with E-state index in [1.165, 1.54) is 12.0 Å². The molecule has 0 atom stereocenters. The summed E-state index contributed by atoms with van der Waals surface area (Å²) in [5, 5.41) is 0.619. The van der Waals surface area contributed by atoms with Gasteiger partial charge in [0, 0.05) is 17.1 Å². The molecule has 0 N–H and O–H groups in total. The van der Waals surface area contributed by atoms with Crippen LogP contribution in [-0.4, -0.2) is 38.0 Å². The Kier molecular flexibility index (Phi) is 8.21. The minimum absolute atomic E-state index is 0.0229. The summed E-state index contributed by atoms with van der Waals surface area (Å²) in [5.74, 6) is 0.0153. The van der Waals surface area contributed by atoms with Gasteiger partial charge in [0.2, 0.25) is 0 Å². The molecule has 0 aliphatic carbocycles. The van der Waals surface area contributed by atoms with Crippen molar-refractivity contribution >= 4 is 50.5 Å². The first-order valence-corrected chi connectivity index (χ1v) is 13.7. The number of benzene rings is 3. The van der Waals surface area contributed by atoms with E-state index in [4.69, 9.17) is 21.1 Å². The van der Waals surface area contributed by atoms with Crippen molar-refractivity contribution in [3.63, 3.8) is 0 Å². The number of rotatable bonds is 8. The van der Waals surface area contributed by atoms with E-state index in [1.54, 1.807) is 37.3 Å². The van der Waals surface area contributed by atoms with Crippen LogP contribution in [0.25, 0.3) is 6.08 Å². The van der Waals surface area contributed by atoms with Crippen molar-refractivity contribution in [1.82, 2.24) is 4.90 Å². The Morgan fingerprint density at radius 3 is 2.49 bits per heavy atom. The van der Waals surface area contributed by atoms with Crippen molar-refractivity contribution in [2.75, 3.05) is 13.7 Å². The van der Waals surface area contributed by atoms with Crippen LogP contribution < -0.4 is 9.47 Å². The van der Waals surface area contributed by atoms with Crippen molar-refractivity contribution in [2.45, 2.75) is 18.4 Å². The SMILES string of the molecule is CCN1C(=O)/C(=C/c2ccc(OCc3ccccc3Cl)c(OC)c2)SC1=NS(=O)(=O)c1ccc(F)cc1. The van der Waals surface area contributed by atoms with E-state index in [9.17, 15) is 17.6 Å². The molecule has 1 aliphatic rings. The molecule has 192 valence electrons. The van der Waals surface area contributed by atoms with Crippen LogP contribution in [-0.2, 0) is 21.4 Å². The predicted molar refractivity (Wildman–Crippen MR) is 143 cm³/mol. The average molecular weight is 561 g/mol. The molecule has 0 unspecified atom stereocenters. The zero-order valence-corrected chi connectivity index (χ0v) is 22.2. The number of carbonyl (C=O) groups is 1. The molecule has 0 aromatic heterocycles. The fourth-order valence-corrected chi connectivity index (χ4v) is 5.87. The standard InChI is InChI=1S/C26H22ClFN2O5S2/c1-3-30-25(31)24(36-26(30)29-37(32,33)20-11-9-19(28)10-12-20)15-17-8-13-22(23(14-17)34-2)35-16-18-6-4-5-7-21(18)27/h4-15H,3,16H2,1-2H3/b24-15-,29-26?. The second-order valence-corrected chi connectivity index (χ2v) is 10.8. The second kappa shape index (κ2) is 11.4. The quantitative estimate of drug-likeness (QED) is 0.326. The highest BCUT2D eigenvalue weighted by Gasteiger charge is 2.34. The first-order valence-electron chi connectivity index (χ1n) is 11.1.